The molecule has 1 heterocycles. The molecule has 4 aromatic rings. The molecule has 6 heteroatoms. The van der Waals surface area contributed by atoms with E-state index in [1.165, 1.54) is 0 Å². The van der Waals surface area contributed by atoms with Crippen molar-refractivity contribution >= 4 is 34.8 Å². The van der Waals surface area contributed by atoms with Crippen molar-refractivity contribution in [3.8, 4) is 11.5 Å². The van der Waals surface area contributed by atoms with Gasteiger partial charge in [0.05, 0.1) is 22.4 Å². The van der Waals surface area contributed by atoms with Gasteiger partial charge in [0.2, 0.25) is 0 Å². The van der Waals surface area contributed by atoms with Crippen LogP contribution in [0.5, 0.6) is 11.5 Å². The van der Waals surface area contributed by atoms with E-state index in [-0.39, 0.29) is 33.2 Å². The maximum absolute atomic E-state index is 11.3. The Morgan fingerprint density at radius 3 is 1.14 bits per heavy atom. The molecule has 0 atom stereocenters. The summed E-state index contributed by atoms with van der Waals surface area (Å²) < 4.78 is 0. The van der Waals surface area contributed by atoms with Crippen LogP contribution >= 0.6 is 0 Å². The number of aromatic nitrogens is 2. The molecule has 44 heavy (non-hydrogen) atoms. The summed E-state index contributed by atoms with van der Waals surface area (Å²) in [5.74, 6) is 0.442. The highest BCUT2D eigenvalue weighted by Crippen LogP contribution is 2.40. The molecule has 0 bridgehead atoms. The lowest BCUT2D eigenvalue weighted by Gasteiger charge is -2.27. The predicted octanol–water partition coefficient (Wildman–Crippen LogP) is 9.73. The molecule has 0 aliphatic heterocycles. The number of benzene rings is 3. The van der Waals surface area contributed by atoms with Crippen LogP contribution in [-0.4, -0.2) is 32.6 Å². The van der Waals surface area contributed by atoms with Crippen LogP contribution in [0.3, 0.4) is 0 Å². The van der Waals surface area contributed by atoms with Crippen molar-refractivity contribution < 1.29 is 10.2 Å². The Bertz CT molecular complexity index is 1630. The highest BCUT2D eigenvalue weighted by molar-refractivity contribution is 5.94. The van der Waals surface area contributed by atoms with E-state index < -0.39 is 0 Å². The largest absolute Gasteiger partial charge is 0.507 e. The molecular weight excluding hydrogens is 544 g/mol. The van der Waals surface area contributed by atoms with Crippen LogP contribution in [0.25, 0.3) is 11.0 Å². The second kappa shape index (κ2) is 11.5. The third kappa shape index (κ3) is 7.18. The van der Waals surface area contributed by atoms with E-state index in [2.05, 4.69) is 105 Å². The van der Waals surface area contributed by atoms with Crippen molar-refractivity contribution in [2.24, 2.45) is 9.98 Å². The molecule has 0 amide bonds. The van der Waals surface area contributed by atoms with Crippen molar-refractivity contribution in [3.63, 3.8) is 0 Å². The summed E-state index contributed by atoms with van der Waals surface area (Å²) in [6.45, 7) is 25.6. The maximum Gasteiger partial charge on any atom is 0.128 e. The van der Waals surface area contributed by atoms with Gasteiger partial charge in [0.25, 0.3) is 0 Å². The van der Waals surface area contributed by atoms with Gasteiger partial charge in [0.15, 0.2) is 0 Å². The SMILES string of the molecule is CC(C)(C)c1cc(/C=N/c2cc3nccnc3cc2/N=C/c2cc(C(C)(C)C)cc(C(C)(C)C)c2O)c(O)c(C(C)(C)C)c1. The third-order valence-corrected chi connectivity index (χ3v) is 7.88. The van der Waals surface area contributed by atoms with Crippen molar-refractivity contribution in [1.82, 2.24) is 9.97 Å². The summed E-state index contributed by atoms with van der Waals surface area (Å²) in [5, 5.41) is 22.7. The number of phenolic OH excluding ortho intramolecular Hbond substituents is 2. The van der Waals surface area contributed by atoms with Crippen LogP contribution < -0.4 is 0 Å². The van der Waals surface area contributed by atoms with Crippen LogP contribution in [-0.2, 0) is 21.7 Å². The Kier molecular flexibility index (Phi) is 8.55. The van der Waals surface area contributed by atoms with E-state index in [0.29, 0.717) is 33.5 Å². The summed E-state index contributed by atoms with van der Waals surface area (Å²) in [4.78, 5) is 18.7. The average molecular weight is 593 g/mol. The minimum atomic E-state index is -0.253. The Labute approximate surface area is 263 Å². The quantitative estimate of drug-likeness (QED) is 0.231. The minimum Gasteiger partial charge on any atom is -0.507 e. The van der Waals surface area contributed by atoms with Crippen LogP contribution in [0.2, 0.25) is 0 Å². The van der Waals surface area contributed by atoms with Crippen LogP contribution in [0, 0.1) is 0 Å². The molecule has 1 aromatic heterocycles. The van der Waals surface area contributed by atoms with Gasteiger partial charge >= 0.3 is 0 Å². The molecule has 232 valence electrons. The fourth-order valence-corrected chi connectivity index (χ4v) is 4.99. The molecule has 0 fully saturated rings. The number of aliphatic imine (C=N–C) groups is 2. The number of hydrogen-bond donors (Lipinski definition) is 2. The van der Waals surface area contributed by atoms with E-state index in [9.17, 15) is 10.2 Å². The lowest BCUT2D eigenvalue weighted by molar-refractivity contribution is 0.443. The van der Waals surface area contributed by atoms with E-state index >= 15 is 0 Å². The van der Waals surface area contributed by atoms with Crippen molar-refractivity contribution in [2.45, 2.75) is 105 Å². The van der Waals surface area contributed by atoms with Gasteiger partial charge in [-0.05, 0) is 57.1 Å². The van der Waals surface area contributed by atoms with E-state index in [1.54, 1.807) is 24.8 Å². The summed E-state index contributed by atoms with van der Waals surface area (Å²) in [5.41, 5.74) is 7.07. The first-order valence-electron chi connectivity index (χ1n) is 15.2. The maximum atomic E-state index is 11.3. The second-order valence-electron chi connectivity index (χ2n) is 15.8. The summed E-state index contributed by atoms with van der Waals surface area (Å²) in [6, 6.07) is 11.9. The van der Waals surface area contributed by atoms with Gasteiger partial charge in [-0.2, -0.15) is 0 Å². The number of phenols is 2. The Balaban J connectivity index is 1.90. The topological polar surface area (TPSA) is 91.0 Å². The molecule has 2 N–H and O–H groups in total. The number of aromatic hydroxyl groups is 2. The monoisotopic (exact) mass is 592 g/mol. The molecule has 0 spiro atoms. The van der Waals surface area contributed by atoms with Gasteiger partial charge in [0, 0.05) is 47.1 Å². The molecule has 3 aromatic carbocycles. The number of hydrogen-bond acceptors (Lipinski definition) is 6. The molecule has 0 unspecified atom stereocenters. The fourth-order valence-electron chi connectivity index (χ4n) is 4.99. The van der Waals surface area contributed by atoms with Crippen LogP contribution in [0.15, 0.2) is 58.8 Å². The summed E-state index contributed by atoms with van der Waals surface area (Å²) in [6.07, 6.45) is 6.70. The standard InChI is InChI=1S/C38H48N4O2/c1-35(2,3)25-15-23(33(43)27(17-25)37(7,8)9)21-41-31-19-29-30(40-14-13-39-29)20-32(31)42-22-24-16-26(36(4,5)6)18-28(34(24)44)38(10,11)12/h13-22,43-44H,1-12H3/b41-21+,42-22+. The lowest BCUT2D eigenvalue weighted by atomic mass is 9.79. The summed E-state index contributed by atoms with van der Waals surface area (Å²) >= 11 is 0. The zero-order valence-electron chi connectivity index (χ0n) is 28.5. The Morgan fingerprint density at radius 1 is 0.500 bits per heavy atom. The number of fused-ring (bicyclic) bond motifs is 1. The first-order valence-corrected chi connectivity index (χ1v) is 15.2. The molecular formula is C38H48N4O2. The van der Waals surface area contributed by atoms with Crippen molar-refractivity contribution in [3.05, 3.63) is 82.2 Å². The molecule has 0 saturated carbocycles. The first-order chi connectivity index (χ1) is 20.2. The average Bonchev–Trinajstić information content (AvgIpc) is 2.89. The van der Waals surface area contributed by atoms with Crippen LogP contribution in [0.4, 0.5) is 11.4 Å². The van der Waals surface area contributed by atoms with Crippen LogP contribution in [0.1, 0.15) is 116 Å². The van der Waals surface area contributed by atoms with Gasteiger partial charge in [-0.1, -0.05) is 95.2 Å². The summed E-state index contributed by atoms with van der Waals surface area (Å²) in [7, 11) is 0. The van der Waals surface area contributed by atoms with Gasteiger partial charge < -0.3 is 10.2 Å². The highest BCUT2D eigenvalue weighted by atomic mass is 16.3. The number of rotatable bonds is 4. The van der Waals surface area contributed by atoms with Gasteiger partial charge in [-0.25, -0.2) is 0 Å². The first kappa shape index (κ1) is 32.8. The number of nitrogens with zero attached hydrogens (tertiary/aromatic N) is 4. The zero-order chi connectivity index (χ0) is 32.8. The molecule has 0 radical (unpaired) electrons. The minimum absolute atomic E-state index is 0.111. The van der Waals surface area contributed by atoms with Crippen molar-refractivity contribution in [2.75, 3.05) is 0 Å². The molecule has 0 saturated heterocycles. The van der Waals surface area contributed by atoms with Gasteiger partial charge in [-0.15, -0.1) is 0 Å². The zero-order valence-corrected chi connectivity index (χ0v) is 28.5. The fraction of sp³-hybridized carbons (Fsp3) is 0.421. The molecule has 0 aliphatic carbocycles. The Hall–Kier alpha value is -4.06. The van der Waals surface area contributed by atoms with Gasteiger partial charge in [0.1, 0.15) is 11.5 Å². The van der Waals surface area contributed by atoms with E-state index in [1.807, 2.05) is 24.3 Å². The Morgan fingerprint density at radius 2 is 0.841 bits per heavy atom. The van der Waals surface area contributed by atoms with Gasteiger partial charge in [-0.3, -0.25) is 20.0 Å². The molecule has 6 nitrogen and oxygen atoms in total. The third-order valence-electron chi connectivity index (χ3n) is 7.88. The van der Waals surface area contributed by atoms with Crippen molar-refractivity contribution in [1.29, 1.82) is 0 Å². The molecule has 0 aliphatic rings. The second-order valence-corrected chi connectivity index (χ2v) is 15.8. The predicted molar refractivity (Wildman–Crippen MR) is 185 cm³/mol. The highest BCUT2D eigenvalue weighted by Gasteiger charge is 2.26. The normalized spacial score (nSPS) is 13.5. The lowest BCUT2D eigenvalue weighted by Crippen LogP contribution is -2.17. The van der Waals surface area contributed by atoms with E-state index in [0.717, 1.165) is 22.3 Å². The van der Waals surface area contributed by atoms with E-state index in [4.69, 9.17) is 9.98 Å². The smallest absolute Gasteiger partial charge is 0.128 e. The molecule has 4 rings (SSSR count).